The maximum absolute atomic E-state index is 12.1. The highest BCUT2D eigenvalue weighted by Crippen LogP contribution is 2.33. The van der Waals surface area contributed by atoms with E-state index in [9.17, 15) is 9.90 Å². The first kappa shape index (κ1) is 13.7. The Bertz CT molecular complexity index is 741. The van der Waals surface area contributed by atoms with Crippen LogP contribution in [-0.2, 0) is 16.0 Å². The summed E-state index contributed by atoms with van der Waals surface area (Å²) in [7, 11) is 0. The number of hydrogen-bond donors (Lipinski definition) is 1. The zero-order valence-corrected chi connectivity index (χ0v) is 12.2. The van der Waals surface area contributed by atoms with Crippen LogP contribution in [0.2, 0.25) is 0 Å². The molecule has 0 aliphatic heterocycles. The number of aliphatic hydroxyl groups is 1. The van der Waals surface area contributed by atoms with Gasteiger partial charge in [0.25, 0.3) is 0 Å². The number of aliphatic hydroxyl groups excluding tert-OH is 1. The third-order valence-corrected chi connectivity index (χ3v) is 3.75. The van der Waals surface area contributed by atoms with Crippen LogP contribution in [0.5, 0.6) is 0 Å². The average Bonchev–Trinajstić information content (AvgIpc) is 2.45. The van der Waals surface area contributed by atoms with Crippen molar-refractivity contribution in [3.05, 3.63) is 53.1 Å². The summed E-state index contributed by atoms with van der Waals surface area (Å²) in [6.45, 7) is 3.61. The highest BCUT2D eigenvalue weighted by atomic mass is 16.5. The molecule has 0 fully saturated rings. The van der Waals surface area contributed by atoms with Gasteiger partial charge in [-0.15, -0.1) is 0 Å². The van der Waals surface area contributed by atoms with Crippen LogP contribution in [0.1, 0.15) is 31.4 Å². The Morgan fingerprint density at radius 2 is 1.81 bits per heavy atom. The molecule has 0 atom stereocenters. The summed E-state index contributed by atoms with van der Waals surface area (Å²) in [5, 5.41) is 12.6. The minimum atomic E-state index is -0.415. The van der Waals surface area contributed by atoms with Gasteiger partial charge in [0.15, 0.2) is 0 Å². The molecule has 0 saturated heterocycles. The Balaban J connectivity index is 2.08. The predicted octanol–water partition coefficient (Wildman–Crippen LogP) is 4.01. The number of fused-ring (bicyclic) bond motifs is 2. The van der Waals surface area contributed by atoms with Gasteiger partial charge < -0.3 is 9.84 Å². The van der Waals surface area contributed by atoms with Crippen LogP contribution >= 0.6 is 0 Å². The van der Waals surface area contributed by atoms with Crippen molar-refractivity contribution in [2.75, 3.05) is 0 Å². The van der Waals surface area contributed by atoms with Crippen LogP contribution < -0.4 is 0 Å². The number of benzene rings is 2. The molecular formula is C18H18O3. The fourth-order valence-electron chi connectivity index (χ4n) is 2.74. The molecule has 0 aromatic heterocycles. The molecule has 0 bridgehead atoms. The van der Waals surface area contributed by atoms with E-state index in [2.05, 4.69) is 12.1 Å². The molecule has 1 N–H and O–H groups in total. The van der Waals surface area contributed by atoms with Crippen molar-refractivity contribution >= 4 is 22.5 Å². The van der Waals surface area contributed by atoms with Gasteiger partial charge in [-0.3, -0.25) is 0 Å². The van der Waals surface area contributed by atoms with Crippen molar-refractivity contribution in [2.45, 2.75) is 32.8 Å². The SMILES string of the molecule is CC(C)OC(=O)C1=C(O)c2cc3ccccc3cc2CC1. The summed E-state index contributed by atoms with van der Waals surface area (Å²) >= 11 is 0. The Morgan fingerprint density at radius 1 is 1.14 bits per heavy atom. The third kappa shape index (κ3) is 2.51. The number of ether oxygens (including phenoxy) is 1. The molecule has 0 saturated carbocycles. The summed E-state index contributed by atoms with van der Waals surface area (Å²) in [5.74, 6) is -0.353. The second-order valence-corrected chi connectivity index (χ2v) is 5.64. The number of aryl methyl sites for hydroxylation is 1. The average molecular weight is 282 g/mol. The molecule has 3 nitrogen and oxygen atoms in total. The fraction of sp³-hybridized carbons (Fsp3) is 0.278. The van der Waals surface area contributed by atoms with E-state index in [0.717, 1.165) is 28.3 Å². The third-order valence-electron chi connectivity index (χ3n) is 3.75. The number of hydrogen-bond acceptors (Lipinski definition) is 3. The topological polar surface area (TPSA) is 46.5 Å². The summed E-state index contributed by atoms with van der Waals surface area (Å²) in [6.07, 6.45) is 1.07. The van der Waals surface area contributed by atoms with Gasteiger partial charge in [0, 0.05) is 5.56 Å². The van der Waals surface area contributed by atoms with Crippen LogP contribution in [0.3, 0.4) is 0 Å². The standard InChI is InChI=1S/C18H18O3/c1-11(2)21-18(20)15-8-7-14-9-12-5-3-4-6-13(12)10-16(14)17(15)19/h3-6,9-11,19H,7-8H2,1-2H3. The smallest absolute Gasteiger partial charge is 0.338 e. The molecule has 108 valence electrons. The highest BCUT2D eigenvalue weighted by molar-refractivity contribution is 5.98. The van der Waals surface area contributed by atoms with Crippen molar-refractivity contribution in [2.24, 2.45) is 0 Å². The minimum Gasteiger partial charge on any atom is -0.507 e. The lowest BCUT2D eigenvalue weighted by Gasteiger charge is -2.20. The molecule has 2 aromatic rings. The zero-order valence-electron chi connectivity index (χ0n) is 12.2. The van der Waals surface area contributed by atoms with Crippen LogP contribution in [0, 0.1) is 0 Å². The van der Waals surface area contributed by atoms with Gasteiger partial charge in [-0.25, -0.2) is 4.79 Å². The van der Waals surface area contributed by atoms with Crippen LogP contribution in [0.25, 0.3) is 16.5 Å². The molecule has 2 aromatic carbocycles. The summed E-state index contributed by atoms with van der Waals surface area (Å²) in [6, 6.07) is 12.1. The van der Waals surface area contributed by atoms with E-state index in [-0.39, 0.29) is 11.9 Å². The van der Waals surface area contributed by atoms with E-state index in [1.165, 1.54) is 0 Å². The normalized spacial score (nSPS) is 14.4. The molecule has 3 heteroatoms. The Hall–Kier alpha value is -2.29. The van der Waals surface area contributed by atoms with Gasteiger partial charge in [0.05, 0.1) is 11.7 Å². The maximum Gasteiger partial charge on any atom is 0.338 e. The first-order valence-corrected chi connectivity index (χ1v) is 7.21. The predicted molar refractivity (Wildman–Crippen MR) is 83.0 cm³/mol. The van der Waals surface area contributed by atoms with E-state index in [1.807, 2.05) is 24.3 Å². The first-order chi connectivity index (χ1) is 10.1. The maximum atomic E-state index is 12.1. The van der Waals surface area contributed by atoms with Crippen molar-refractivity contribution in [1.82, 2.24) is 0 Å². The molecule has 0 amide bonds. The Labute approximate surface area is 123 Å². The lowest BCUT2D eigenvalue weighted by molar-refractivity contribution is -0.142. The molecule has 3 rings (SSSR count). The van der Waals surface area contributed by atoms with Crippen molar-refractivity contribution in [3.8, 4) is 0 Å². The monoisotopic (exact) mass is 282 g/mol. The minimum absolute atomic E-state index is 0.0626. The number of carbonyl (C=O) groups excluding carboxylic acids is 1. The highest BCUT2D eigenvalue weighted by Gasteiger charge is 2.25. The summed E-state index contributed by atoms with van der Waals surface area (Å²) in [4.78, 5) is 12.1. The van der Waals surface area contributed by atoms with Crippen molar-refractivity contribution in [1.29, 1.82) is 0 Å². The second kappa shape index (κ2) is 5.24. The van der Waals surface area contributed by atoms with Gasteiger partial charge in [0.1, 0.15) is 5.76 Å². The van der Waals surface area contributed by atoms with Gasteiger partial charge in [-0.2, -0.15) is 0 Å². The molecular weight excluding hydrogens is 264 g/mol. The fourth-order valence-corrected chi connectivity index (χ4v) is 2.74. The largest absolute Gasteiger partial charge is 0.507 e. The van der Waals surface area contributed by atoms with E-state index in [1.54, 1.807) is 13.8 Å². The lowest BCUT2D eigenvalue weighted by atomic mass is 9.88. The van der Waals surface area contributed by atoms with Crippen molar-refractivity contribution < 1.29 is 14.6 Å². The number of esters is 1. The van der Waals surface area contributed by atoms with Gasteiger partial charge in [-0.05, 0) is 49.1 Å². The first-order valence-electron chi connectivity index (χ1n) is 7.21. The van der Waals surface area contributed by atoms with Crippen LogP contribution in [-0.4, -0.2) is 17.2 Å². The van der Waals surface area contributed by atoms with Crippen LogP contribution in [0.4, 0.5) is 0 Å². The lowest BCUT2D eigenvalue weighted by Crippen LogP contribution is -2.18. The summed E-state index contributed by atoms with van der Waals surface area (Å²) in [5.41, 5.74) is 2.20. The quantitative estimate of drug-likeness (QED) is 0.847. The number of carbonyl (C=O) groups is 1. The second-order valence-electron chi connectivity index (χ2n) is 5.64. The number of rotatable bonds is 2. The molecule has 0 radical (unpaired) electrons. The molecule has 1 aliphatic carbocycles. The van der Waals surface area contributed by atoms with Gasteiger partial charge in [0.2, 0.25) is 0 Å². The van der Waals surface area contributed by atoms with Gasteiger partial charge >= 0.3 is 5.97 Å². The molecule has 21 heavy (non-hydrogen) atoms. The van der Waals surface area contributed by atoms with E-state index in [4.69, 9.17) is 4.74 Å². The summed E-state index contributed by atoms with van der Waals surface area (Å²) < 4.78 is 5.21. The molecule has 0 unspecified atom stereocenters. The van der Waals surface area contributed by atoms with E-state index in [0.29, 0.717) is 12.0 Å². The zero-order chi connectivity index (χ0) is 15.0. The van der Waals surface area contributed by atoms with Crippen molar-refractivity contribution in [3.63, 3.8) is 0 Å². The van der Waals surface area contributed by atoms with E-state index >= 15 is 0 Å². The van der Waals surface area contributed by atoms with E-state index < -0.39 is 5.97 Å². The molecule has 0 heterocycles. The van der Waals surface area contributed by atoms with Gasteiger partial charge in [-0.1, -0.05) is 30.3 Å². The Morgan fingerprint density at radius 3 is 2.48 bits per heavy atom. The molecule has 1 aliphatic rings. The molecule has 0 spiro atoms. The Kier molecular flexibility index (Phi) is 3.42. The van der Waals surface area contributed by atoms with Crippen LogP contribution in [0.15, 0.2) is 42.0 Å².